The molecule has 0 spiro atoms. The number of nitrogens with zero attached hydrogens (tertiary/aromatic N) is 1. The number of benzene rings is 2. The molecule has 4 rings (SSSR count). The molecular formula is C25H29FN2O5. The minimum Gasteiger partial charge on any atom is -0.493 e. The minimum absolute atomic E-state index is 0.0471. The Balaban J connectivity index is 1.55. The molecule has 2 fully saturated rings. The van der Waals surface area contributed by atoms with Gasteiger partial charge in [-0.25, -0.2) is 4.39 Å². The first-order valence-electron chi connectivity index (χ1n) is 11.1. The van der Waals surface area contributed by atoms with Crippen LogP contribution < -0.4 is 19.5 Å². The van der Waals surface area contributed by atoms with Crippen LogP contribution in [0.3, 0.4) is 0 Å². The zero-order valence-electron chi connectivity index (χ0n) is 19.2. The summed E-state index contributed by atoms with van der Waals surface area (Å²) in [5, 5.41) is 3.03. The molecule has 1 heterocycles. The van der Waals surface area contributed by atoms with E-state index in [1.54, 1.807) is 29.2 Å². The van der Waals surface area contributed by atoms with Gasteiger partial charge in [-0.2, -0.15) is 0 Å². The Bertz CT molecular complexity index is 1010. The van der Waals surface area contributed by atoms with Gasteiger partial charge in [0.1, 0.15) is 11.4 Å². The third-order valence-electron chi connectivity index (χ3n) is 6.70. The van der Waals surface area contributed by atoms with Crippen LogP contribution in [0.15, 0.2) is 36.4 Å². The maximum Gasteiger partial charge on any atom is 0.246 e. The van der Waals surface area contributed by atoms with Crippen molar-refractivity contribution in [2.45, 2.75) is 50.2 Å². The van der Waals surface area contributed by atoms with Gasteiger partial charge in [-0.3, -0.25) is 9.59 Å². The fraction of sp³-hybridized carbons (Fsp3) is 0.440. The lowest BCUT2D eigenvalue weighted by Crippen LogP contribution is -2.65. The van der Waals surface area contributed by atoms with Crippen LogP contribution in [0.2, 0.25) is 0 Å². The van der Waals surface area contributed by atoms with Crippen molar-refractivity contribution in [2.24, 2.45) is 0 Å². The number of methoxy groups -OCH3 is 3. The normalized spacial score (nSPS) is 19.1. The molecule has 2 aliphatic rings. The Labute approximate surface area is 192 Å². The van der Waals surface area contributed by atoms with Crippen LogP contribution in [-0.2, 0) is 16.1 Å². The molecule has 0 radical (unpaired) electrons. The average Bonchev–Trinajstić information content (AvgIpc) is 3.30. The van der Waals surface area contributed by atoms with E-state index in [0.717, 1.165) is 24.0 Å². The summed E-state index contributed by atoms with van der Waals surface area (Å²) in [4.78, 5) is 28.0. The maximum absolute atomic E-state index is 13.5. The van der Waals surface area contributed by atoms with Gasteiger partial charge in [-0.05, 0) is 48.2 Å². The van der Waals surface area contributed by atoms with Crippen molar-refractivity contribution < 1.29 is 28.2 Å². The SMILES string of the molecule is COc1cc(CNC(=O)C2(N3C(=O)CC3c3ccc(F)cc3)CCCC2)cc(OC)c1OC. The quantitative estimate of drug-likeness (QED) is 0.612. The lowest BCUT2D eigenvalue weighted by atomic mass is 9.83. The molecule has 1 aliphatic heterocycles. The van der Waals surface area contributed by atoms with Gasteiger partial charge in [0.15, 0.2) is 11.5 Å². The smallest absolute Gasteiger partial charge is 0.246 e. The Kier molecular flexibility index (Phi) is 6.44. The molecule has 0 aromatic heterocycles. The topological polar surface area (TPSA) is 77.1 Å². The Morgan fingerprint density at radius 1 is 1.06 bits per heavy atom. The molecular weight excluding hydrogens is 427 g/mol. The minimum atomic E-state index is -0.894. The van der Waals surface area contributed by atoms with Gasteiger partial charge in [-0.1, -0.05) is 25.0 Å². The molecule has 1 unspecified atom stereocenters. The van der Waals surface area contributed by atoms with Crippen molar-refractivity contribution in [2.75, 3.05) is 21.3 Å². The van der Waals surface area contributed by atoms with E-state index in [4.69, 9.17) is 14.2 Å². The summed E-state index contributed by atoms with van der Waals surface area (Å²) in [5.74, 6) is 0.949. The number of nitrogens with one attached hydrogen (secondary N) is 1. The molecule has 2 aromatic carbocycles. The molecule has 2 amide bonds. The number of carbonyl (C=O) groups is 2. The van der Waals surface area contributed by atoms with Crippen molar-refractivity contribution in [1.29, 1.82) is 0 Å². The molecule has 0 bridgehead atoms. The van der Waals surface area contributed by atoms with Gasteiger partial charge in [-0.15, -0.1) is 0 Å². The van der Waals surface area contributed by atoms with Gasteiger partial charge in [0, 0.05) is 6.54 Å². The van der Waals surface area contributed by atoms with Crippen LogP contribution in [0, 0.1) is 5.82 Å². The number of likely N-dealkylation sites (tertiary alicyclic amines) is 1. The number of carbonyl (C=O) groups excluding carboxylic acids is 2. The summed E-state index contributed by atoms with van der Waals surface area (Å²) in [6.45, 7) is 0.251. The summed E-state index contributed by atoms with van der Waals surface area (Å²) < 4.78 is 29.6. The van der Waals surface area contributed by atoms with Crippen molar-refractivity contribution in [3.05, 3.63) is 53.3 Å². The molecule has 1 saturated carbocycles. The number of β-lactam (4-membered cyclic amide) rings is 1. The third-order valence-corrected chi connectivity index (χ3v) is 6.70. The molecule has 1 atom stereocenters. The monoisotopic (exact) mass is 456 g/mol. The number of hydrogen-bond acceptors (Lipinski definition) is 5. The maximum atomic E-state index is 13.5. The third kappa shape index (κ3) is 4.10. The second-order valence-electron chi connectivity index (χ2n) is 8.49. The molecule has 2 aromatic rings. The van der Waals surface area contributed by atoms with Gasteiger partial charge >= 0.3 is 0 Å². The number of halogens is 1. The number of hydrogen-bond donors (Lipinski definition) is 1. The average molecular weight is 457 g/mol. The fourth-order valence-electron chi connectivity index (χ4n) is 5.03. The Hall–Kier alpha value is -3.29. The highest BCUT2D eigenvalue weighted by molar-refractivity contribution is 5.95. The molecule has 176 valence electrons. The van der Waals surface area contributed by atoms with Crippen molar-refractivity contribution in [1.82, 2.24) is 10.2 Å². The first-order chi connectivity index (χ1) is 15.9. The van der Waals surface area contributed by atoms with Crippen LogP contribution in [0.25, 0.3) is 0 Å². The van der Waals surface area contributed by atoms with Crippen molar-refractivity contribution >= 4 is 11.8 Å². The van der Waals surface area contributed by atoms with Crippen LogP contribution in [0.4, 0.5) is 4.39 Å². The zero-order chi connectivity index (χ0) is 23.6. The Morgan fingerprint density at radius 3 is 2.18 bits per heavy atom. The number of rotatable bonds is 8. The Morgan fingerprint density at radius 2 is 1.67 bits per heavy atom. The number of amides is 2. The lowest BCUT2D eigenvalue weighted by Gasteiger charge is -2.51. The first-order valence-corrected chi connectivity index (χ1v) is 11.1. The summed E-state index contributed by atoms with van der Waals surface area (Å²) >= 11 is 0. The molecule has 8 heteroatoms. The van der Waals surface area contributed by atoms with E-state index in [0.29, 0.717) is 36.5 Å². The van der Waals surface area contributed by atoms with E-state index >= 15 is 0 Å². The van der Waals surface area contributed by atoms with Crippen LogP contribution in [0.5, 0.6) is 17.2 Å². The predicted octanol–water partition coefficient (Wildman–Crippen LogP) is 3.75. The lowest BCUT2D eigenvalue weighted by molar-refractivity contribution is -0.165. The van der Waals surface area contributed by atoms with Crippen LogP contribution in [0.1, 0.15) is 49.3 Å². The largest absolute Gasteiger partial charge is 0.493 e. The zero-order valence-corrected chi connectivity index (χ0v) is 19.2. The molecule has 1 aliphatic carbocycles. The van der Waals surface area contributed by atoms with E-state index in [1.807, 2.05) is 0 Å². The van der Waals surface area contributed by atoms with E-state index < -0.39 is 5.54 Å². The molecule has 1 N–H and O–H groups in total. The van der Waals surface area contributed by atoms with Gasteiger partial charge < -0.3 is 24.4 Å². The summed E-state index contributed by atoms with van der Waals surface area (Å²) in [5.41, 5.74) is 0.741. The second kappa shape index (κ2) is 9.29. The van der Waals surface area contributed by atoms with Gasteiger partial charge in [0.25, 0.3) is 0 Å². The van der Waals surface area contributed by atoms with Crippen LogP contribution in [-0.4, -0.2) is 43.6 Å². The molecule has 1 saturated heterocycles. The van der Waals surface area contributed by atoms with Gasteiger partial charge in [0.05, 0.1) is 33.8 Å². The van der Waals surface area contributed by atoms with Crippen molar-refractivity contribution in [3.63, 3.8) is 0 Å². The second-order valence-corrected chi connectivity index (χ2v) is 8.49. The van der Waals surface area contributed by atoms with Crippen molar-refractivity contribution in [3.8, 4) is 17.2 Å². The van der Waals surface area contributed by atoms with Crippen LogP contribution >= 0.6 is 0 Å². The highest BCUT2D eigenvalue weighted by Crippen LogP contribution is 2.47. The van der Waals surface area contributed by atoms with E-state index in [2.05, 4.69) is 5.32 Å². The van der Waals surface area contributed by atoms with E-state index in [1.165, 1.54) is 33.5 Å². The van der Waals surface area contributed by atoms with Gasteiger partial charge in [0.2, 0.25) is 17.6 Å². The summed E-state index contributed by atoms with van der Waals surface area (Å²) in [6.07, 6.45) is 3.29. The number of ether oxygens (including phenoxy) is 3. The summed E-state index contributed by atoms with van der Waals surface area (Å²) in [6, 6.07) is 9.52. The highest BCUT2D eigenvalue weighted by Gasteiger charge is 2.55. The molecule has 7 nitrogen and oxygen atoms in total. The fourth-order valence-corrected chi connectivity index (χ4v) is 5.03. The van der Waals surface area contributed by atoms with E-state index in [9.17, 15) is 14.0 Å². The van der Waals surface area contributed by atoms with E-state index in [-0.39, 0.29) is 30.2 Å². The first kappa shape index (κ1) is 22.9. The standard InChI is InChI=1S/C25H29FN2O5/c1-31-20-12-16(13-21(32-2)23(20)33-3)15-27-24(30)25(10-4-5-11-25)28-19(14-22(28)29)17-6-8-18(26)9-7-17/h6-9,12-13,19H,4-5,10-11,14-15H2,1-3H3,(H,27,30). The molecule has 33 heavy (non-hydrogen) atoms. The summed E-state index contributed by atoms with van der Waals surface area (Å²) in [7, 11) is 4.61. The highest BCUT2D eigenvalue weighted by atomic mass is 19.1. The predicted molar refractivity (Wildman–Crippen MR) is 120 cm³/mol.